The van der Waals surface area contributed by atoms with E-state index >= 15 is 0 Å². The van der Waals surface area contributed by atoms with Crippen LogP contribution in [0.5, 0.6) is 11.5 Å². The Bertz CT molecular complexity index is 764. The largest absolute Gasteiger partial charge is 0.493 e. The van der Waals surface area contributed by atoms with Crippen LogP contribution < -0.4 is 14.8 Å². The van der Waals surface area contributed by atoms with Gasteiger partial charge in [-0.05, 0) is 40.2 Å². The average Bonchev–Trinajstić information content (AvgIpc) is 2.54. The zero-order chi connectivity index (χ0) is 17.0. The molecule has 23 heavy (non-hydrogen) atoms. The number of hydrogen-bond donors (Lipinski definition) is 1. The SMILES string of the molecule is COc1ccc(NC(=O)c2ccc(Br)c([N+](=O)[O-])c2)cc1OC. The fourth-order valence-electron chi connectivity index (χ4n) is 1.91. The van der Waals surface area contributed by atoms with Crippen LogP contribution in [0, 0.1) is 10.1 Å². The van der Waals surface area contributed by atoms with Gasteiger partial charge in [-0.3, -0.25) is 14.9 Å². The minimum absolute atomic E-state index is 0.176. The molecule has 0 unspecified atom stereocenters. The van der Waals surface area contributed by atoms with Gasteiger partial charge in [-0.2, -0.15) is 0 Å². The molecule has 0 atom stereocenters. The number of methoxy groups -OCH3 is 2. The summed E-state index contributed by atoms with van der Waals surface area (Å²) >= 11 is 3.08. The van der Waals surface area contributed by atoms with Crippen molar-refractivity contribution in [3.8, 4) is 11.5 Å². The maximum atomic E-state index is 12.2. The summed E-state index contributed by atoms with van der Waals surface area (Å²) in [6, 6.07) is 9.06. The molecular weight excluding hydrogens is 368 g/mol. The van der Waals surface area contributed by atoms with Crippen molar-refractivity contribution in [3.05, 3.63) is 56.5 Å². The van der Waals surface area contributed by atoms with Crippen LogP contribution in [-0.2, 0) is 0 Å². The van der Waals surface area contributed by atoms with Gasteiger partial charge in [0.1, 0.15) is 0 Å². The Morgan fingerprint density at radius 2 is 1.83 bits per heavy atom. The summed E-state index contributed by atoms with van der Waals surface area (Å²) in [5, 5.41) is 13.6. The van der Waals surface area contributed by atoms with Gasteiger partial charge in [0.25, 0.3) is 11.6 Å². The molecule has 0 aliphatic rings. The van der Waals surface area contributed by atoms with E-state index in [1.165, 1.54) is 32.4 Å². The van der Waals surface area contributed by atoms with E-state index in [0.29, 0.717) is 21.7 Å². The van der Waals surface area contributed by atoms with Gasteiger partial charge in [-0.15, -0.1) is 0 Å². The molecule has 0 aliphatic heterocycles. The van der Waals surface area contributed by atoms with Crippen molar-refractivity contribution in [2.75, 3.05) is 19.5 Å². The van der Waals surface area contributed by atoms with Crippen LogP contribution in [0.1, 0.15) is 10.4 Å². The minimum atomic E-state index is -0.558. The third kappa shape index (κ3) is 3.78. The first-order valence-electron chi connectivity index (χ1n) is 6.43. The predicted molar refractivity (Wildman–Crippen MR) is 88.3 cm³/mol. The van der Waals surface area contributed by atoms with E-state index in [-0.39, 0.29) is 11.3 Å². The molecule has 0 aliphatic carbocycles. The summed E-state index contributed by atoms with van der Waals surface area (Å²) in [6.07, 6.45) is 0. The number of rotatable bonds is 5. The molecule has 2 aromatic rings. The second kappa shape index (κ2) is 7.10. The number of carbonyl (C=O) groups excluding carboxylic acids is 1. The number of nitro benzene ring substituents is 1. The first-order chi connectivity index (χ1) is 11.0. The summed E-state index contributed by atoms with van der Waals surface area (Å²) in [7, 11) is 3.00. The van der Waals surface area contributed by atoms with Gasteiger partial charge >= 0.3 is 0 Å². The Labute approximate surface area is 140 Å². The van der Waals surface area contributed by atoms with Gasteiger partial charge in [0, 0.05) is 23.4 Å². The van der Waals surface area contributed by atoms with E-state index in [1.807, 2.05) is 0 Å². The molecule has 7 nitrogen and oxygen atoms in total. The van der Waals surface area contributed by atoms with Gasteiger partial charge < -0.3 is 14.8 Å². The number of ether oxygens (including phenoxy) is 2. The van der Waals surface area contributed by atoms with E-state index in [1.54, 1.807) is 18.2 Å². The maximum Gasteiger partial charge on any atom is 0.284 e. The second-order valence-electron chi connectivity index (χ2n) is 4.45. The van der Waals surface area contributed by atoms with Crippen LogP contribution >= 0.6 is 15.9 Å². The van der Waals surface area contributed by atoms with Gasteiger partial charge in [0.2, 0.25) is 0 Å². The number of carbonyl (C=O) groups is 1. The molecule has 0 saturated carbocycles. The molecule has 2 rings (SSSR count). The Morgan fingerprint density at radius 1 is 1.13 bits per heavy atom. The maximum absolute atomic E-state index is 12.2. The van der Waals surface area contributed by atoms with Crippen LogP contribution in [0.15, 0.2) is 40.9 Å². The molecular formula is C15H13BrN2O5. The molecule has 0 saturated heterocycles. The molecule has 120 valence electrons. The Hall–Kier alpha value is -2.61. The highest BCUT2D eigenvalue weighted by Crippen LogP contribution is 2.30. The fourth-order valence-corrected chi connectivity index (χ4v) is 2.30. The predicted octanol–water partition coefficient (Wildman–Crippen LogP) is 3.63. The highest BCUT2D eigenvalue weighted by molar-refractivity contribution is 9.10. The molecule has 0 radical (unpaired) electrons. The second-order valence-corrected chi connectivity index (χ2v) is 5.30. The van der Waals surface area contributed by atoms with Crippen LogP contribution in [0.2, 0.25) is 0 Å². The standard InChI is InChI=1S/C15H13BrN2O5/c1-22-13-6-4-10(8-14(13)23-2)17-15(19)9-3-5-11(16)12(7-9)18(20)21/h3-8H,1-2H3,(H,17,19). The number of benzene rings is 2. The van der Waals surface area contributed by atoms with Gasteiger partial charge in [-0.25, -0.2) is 0 Å². The number of nitrogens with zero attached hydrogens (tertiary/aromatic N) is 1. The summed E-state index contributed by atoms with van der Waals surface area (Å²) in [4.78, 5) is 22.6. The highest BCUT2D eigenvalue weighted by Gasteiger charge is 2.16. The van der Waals surface area contributed by atoms with Crippen molar-refractivity contribution in [2.24, 2.45) is 0 Å². The molecule has 0 bridgehead atoms. The monoisotopic (exact) mass is 380 g/mol. The lowest BCUT2D eigenvalue weighted by Crippen LogP contribution is -2.12. The third-order valence-electron chi connectivity index (χ3n) is 3.05. The molecule has 1 N–H and O–H groups in total. The Kier molecular flexibility index (Phi) is 5.17. The normalized spacial score (nSPS) is 10.0. The van der Waals surface area contributed by atoms with Crippen LogP contribution in [0.25, 0.3) is 0 Å². The smallest absolute Gasteiger partial charge is 0.284 e. The number of nitro groups is 1. The number of anilines is 1. The quantitative estimate of drug-likeness (QED) is 0.631. The molecule has 0 aromatic heterocycles. The number of hydrogen-bond acceptors (Lipinski definition) is 5. The zero-order valence-corrected chi connectivity index (χ0v) is 13.9. The van der Waals surface area contributed by atoms with E-state index in [2.05, 4.69) is 21.2 Å². The van der Waals surface area contributed by atoms with Crippen molar-refractivity contribution < 1.29 is 19.2 Å². The van der Waals surface area contributed by atoms with E-state index in [9.17, 15) is 14.9 Å². The van der Waals surface area contributed by atoms with Crippen LogP contribution in [0.3, 0.4) is 0 Å². The van der Waals surface area contributed by atoms with Crippen molar-refractivity contribution in [2.45, 2.75) is 0 Å². The van der Waals surface area contributed by atoms with Crippen molar-refractivity contribution in [1.29, 1.82) is 0 Å². The zero-order valence-electron chi connectivity index (χ0n) is 12.3. The first kappa shape index (κ1) is 16.8. The molecule has 1 amide bonds. The first-order valence-corrected chi connectivity index (χ1v) is 7.23. The van der Waals surface area contributed by atoms with Crippen molar-refractivity contribution in [1.82, 2.24) is 0 Å². The van der Waals surface area contributed by atoms with Gasteiger partial charge in [0.15, 0.2) is 11.5 Å². The lowest BCUT2D eigenvalue weighted by atomic mass is 10.2. The van der Waals surface area contributed by atoms with Gasteiger partial charge in [0.05, 0.1) is 23.6 Å². The summed E-state index contributed by atoms with van der Waals surface area (Å²) in [5.41, 5.74) is 0.484. The molecule has 0 spiro atoms. The summed E-state index contributed by atoms with van der Waals surface area (Å²) in [6.45, 7) is 0. The Balaban J connectivity index is 2.25. The molecule has 8 heteroatoms. The van der Waals surface area contributed by atoms with Crippen molar-refractivity contribution in [3.63, 3.8) is 0 Å². The lowest BCUT2D eigenvalue weighted by molar-refractivity contribution is -0.385. The number of nitrogens with one attached hydrogen (secondary N) is 1. The van der Waals surface area contributed by atoms with E-state index < -0.39 is 10.8 Å². The highest BCUT2D eigenvalue weighted by atomic mass is 79.9. The summed E-state index contributed by atoms with van der Waals surface area (Å²) in [5.74, 6) is 0.532. The lowest BCUT2D eigenvalue weighted by Gasteiger charge is -2.10. The number of amides is 1. The fraction of sp³-hybridized carbons (Fsp3) is 0.133. The summed E-state index contributed by atoms with van der Waals surface area (Å²) < 4.78 is 10.6. The average molecular weight is 381 g/mol. The number of halogens is 1. The molecule has 0 fully saturated rings. The van der Waals surface area contributed by atoms with E-state index in [4.69, 9.17) is 9.47 Å². The van der Waals surface area contributed by atoms with Crippen LogP contribution in [0.4, 0.5) is 11.4 Å². The van der Waals surface area contributed by atoms with E-state index in [0.717, 1.165) is 0 Å². The minimum Gasteiger partial charge on any atom is -0.493 e. The molecule has 0 heterocycles. The van der Waals surface area contributed by atoms with Crippen molar-refractivity contribution >= 4 is 33.2 Å². The topological polar surface area (TPSA) is 90.7 Å². The van der Waals surface area contributed by atoms with Crippen LogP contribution in [-0.4, -0.2) is 25.1 Å². The Morgan fingerprint density at radius 3 is 2.43 bits per heavy atom. The molecule has 2 aromatic carbocycles. The third-order valence-corrected chi connectivity index (χ3v) is 3.72. The van der Waals surface area contributed by atoms with Gasteiger partial charge in [-0.1, -0.05) is 0 Å².